The standard InChI is InChI=1S/C15H18N4O5S/c1-7(20)11(8(2)21)25-13-10-12(16-9(17-13)6-24-5)18(3)15(23)19(4)14(10)22/h20H,6H2,1-5H3/b11-7-. The molecule has 2 aromatic heterocycles. The first-order valence-electron chi connectivity index (χ1n) is 7.23. The van der Waals surface area contributed by atoms with Crippen LogP contribution < -0.4 is 11.2 Å². The zero-order valence-electron chi connectivity index (χ0n) is 14.5. The summed E-state index contributed by atoms with van der Waals surface area (Å²) in [5.41, 5.74) is -0.976. The number of hydrogen-bond donors (Lipinski definition) is 1. The van der Waals surface area contributed by atoms with Gasteiger partial charge in [0.05, 0.1) is 4.91 Å². The first-order valence-corrected chi connectivity index (χ1v) is 8.04. The van der Waals surface area contributed by atoms with E-state index < -0.39 is 11.2 Å². The maximum absolute atomic E-state index is 12.6. The second-order valence-electron chi connectivity index (χ2n) is 5.36. The molecular weight excluding hydrogens is 348 g/mol. The number of methoxy groups -OCH3 is 1. The lowest BCUT2D eigenvalue weighted by Gasteiger charge is -2.12. The lowest BCUT2D eigenvalue weighted by Crippen LogP contribution is -2.37. The average molecular weight is 366 g/mol. The molecule has 2 aromatic rings. The Hall–Kier alpha value is -2.46. The van der Waals surface area contributed by atoms with Crippen LogP contribution in [-0.2, 0) is 30.2 Å². The number of ketones is 1. The van der Waals surface area contributed by atoms with Crippen molar-refractivity contribution in [3.8, 4) is 0 Å². The molecule has 134 valence electrons. The number of aromatic nitrogens is 4. The van der Waals surface area contributed by atoms with Crippen LogP contribution in [0.25, 0.3) is 11.0 Å². The third-order valence-electron chi connectivity index (χ3n) is 3.43. The van der Waals surface area contributed by atoms with E-state index in [1.807, 2.05) is 0 Å². The lowest BCUT2D eigenvalue weighted by atomic mass is 10.3. The van der Waals surface area contributed by atoms with Crippen molar-refractivity contribution < 1.29 is 14.6 Å². The Labute approximate surface area is 147 Å². The van der Waals surface area contributed by atoms with Gasteiger partial charge >= 0.3 is 5.69 Å². The Morgan fingerprint density at radius 3 is 2.36 bits per heavy atom. The van der Waals surface area contributed by atoms with Crippen LogP contribution in [0.4, 0.5) is 0 Å². The normalized spacial score (nSPS) is 12.4. The summed E-state index contributed by atoms with van der Waals surface area (Å²) in [6.07, 6.45) is 0. The quantitative estimate of drug-likeness (QED) is 0.355. The molecule has 10 heteroatoms. The van der Waals surface area contributed by atoms with E-state index in [-0.39, 0.29) is 44.9 Å². The summed E-state index contributed by atoms with van der Waals surface area (Å²) in [5, 5.41) is 10.0. The molecule has 1 N–H and O–H groups in total. The van der Waals surface area contributed by atoms with E-state index in [0.717, 1.165) is 16.3 Å². The molecule has 0 aromatic carbocycles. The molecular formula is C15H18N4O5S. The monoisotopic (exact) mass is 366 g/mol. The second-order valence-corrected chi connectivity index (χ2v) is 6.35. The molecule has 0 fully saturated rings. The molecule has 25 heavy (non-hydrogen) atoms. The maximum atomic E-state index is 12.6. The topological polar surface area (TPSA) is 116 Å². The minimum atomic E-state index is -0.580. The summed E-state index contributed by atoms with van der Waals surface area (Å²) in [6.45, 7) is 2.73. The van der Waals surface area contributed by atoms with Crippen molar-refractivity contribution in [2.75, 3.05) is 7.11 Å². The third kappa shape index (κ3) is 3.49. The van der Waals surface area contributed by atoms with E-state index in [9.17, 15) is 19.5 Å². The van der Waals surface area contributed by atoms with E-state index >= 15 is 0 Å². The highest BCUT2D eigenvalue weighted by Gasteiger charge is 2.20. The van der Waals surface area contributed by atoms with Crippen molar-refractivity contribution in [1.82, 2.24) is 19.1 Å². The summed E-state index contributed by atoms with van der Waals surface area (Å²) in [5.74, 6) is -0.301. The number of nitrogens with zero attached hydrogens (tertiary/aromatic N) is 4. The van der Waals surface area contributed by atoms with E-state index in [2.05, 4.69) is 9.97 Å². The SMILES string of the molecule is COCc1nc(S/C(C(C)=O)=C(/C)O)c2c(=O)n(C)c(=O)n(C)c2n1. The van der Waals surface area contributed by atoms with Crippen molar-refractivity contribution in [3.63, 3.8) is 0 Å². The number of aryl methyl sites for hydroxylation is 1. The minimum absolute atomic E-state index is 0.0549. The van der Waals surface area contributed by atoms with Crippen molar-refractivity contribution in [2.45, 2.75) is 25.5 Å². The minimum Gasteiger partial charge on any atom is -0.511 e. The number of carbonyl (C=O) groups is 1. The van der Waals surface area contributed by atoms with Gasteiger partial charge < -0.3 is 9.84 Å². The van der Waals surface area contributed by atoms with E-state index in [1.165, 1.54) is 39.6 Å². The first-order chi connectivity index (χ1) is 11.7. The van der Waals surface area contributed by atoms with Gasteiger partial charge in [-0.2, -0.15) is 0 Å². The fourth-order valence-electron chi connectivity index (χ4n) is 2.24. The summed E-state index contributed by atoms with van der Waals surface area (Å²) < 4.78 is 7.19. The molecule has 0 bridgehead atoms. The van der Waals surface area contributed by atoms with Crippen LogP contribution in [0.3, 0.4) is 0 Å². The molecule has 0 unspecified atom stereocenters. The number of rotatable bonds is 5. The van der Waals surface area contributed by atoms with Crippen molar-refractivity contribution in [1.29, 1.82) is 0 Å². The van der Waals surface area contributed by atoms with Crippen LogP contribution >= 0.6 is 11.8 Å². The fraction of sp³-hybridized carbons (Fsp3) is 0.400. The number of Topliss-reactive ketones (excluding diaryl/α,β-unsaturated/α-hetero) is 1. The highest BCUT2D eigenvalue weighted by Crippen LogP contribution is 2.31. The Kier molecular flexibility index (Phi) is 5.43. The molecule has 0 radical (unpaired) electrons. The lowest BCUT2D eigenvalue weighted by molar-refractivity contribution is -0.113. The van der Waals surface area contributed by atoms with Gasteiger partial charge in [0, 0.05) is 21.2 Å². The number of carbonyl (C=O) groups excluding carboxylic acids is 1. The molecule has 0 spiro atoms. The van der Waals surface area contributed by atoms with Crippen LogP contribution in [0.2, 0.25) is 0 Å². The average Bonchev–Trinajstić information content (AvgIpc) is 2.55. The molecule has 9 nitrogen and oxygen atoms in total. The fourth-order valence-corrected chi connectivity index (χ4v) is 3.15. The number of aliphatic hydroxyl groups is 1. The van der Waals surface area contributed by atoms with E-state index in [1.54, 1.807) is 0 Å². The van der Waals surface area contributed by atoms with Gasteiger partial charge in [-0.15, -0.1) is 0 Å². The Bertz CT molecular complexity index is 1000. The summed E-state index contributed by atoms with van der Waals surface area (Å²) >= 11 is 0.857. The van der Waals surface area contributed by atoms with E-state index in [4.69, 9.17) is 4.74 Å². The van der Waals surface area contributed by atoms with Gasteiger partial charge in [0.15, 0.2) is 17.3 Å². The van der Waals surface area contributed by atoms with Gasteiger partial charge in [0.2, 0.25) is 0 Å². The highest BCUT2D eigenvalue weighted by atomic mass is 32.2. The van der Waals surface area contributed by atoms with Crippen molar-refractivity contribution in [2.24, 2.45) is 14.1 Å². The molecule has 2 heterocycles. The Morgan fingerprint density at radius 2 is 1.84 bits per heavy atom. The van der Waals surface area contributed by atoms with Crippen LogP contribution in [0.5, 0.6) is 0 Å². The van der Waals surface area contributed by atoms with Gasteiger partial charge in [0.1, 0.15) is 22.8 Å². The molecule has 0 aliphatic rings. The molecule has 0 aliphatic heterocycles. The second kappa shape index (κ2) is 7.19. The zero-order chi connectivity index (χ0) is 18.9. The van der Waals surface area contributed by atoms with Gasteiger partial charge in [0.25, 0.3) is 5.56 Å². The summed E-state index contributed by atoms with van der Waals surface area (Å²) in [6, 6.07) is 0. The molecule has 0 saturated heterocycles. The first kappa shape index (κ1) is 18.9. The van der Waals surface area contributed by atoms with Crippen LogP contribution in [0.1, 0.15) is 19.7 Å². The maximum Gasteiger partial charge on any atom is 0.332 e. The highest BCUT2D eigenvalue weighted by molar-refractivity contribution is 8.04. The van der Waals surface area contributed by atoms with Crippen LogP contribution in [0, 0.1) is 0 Å². The van der Waals surface area contributed by atoms with E-state index in [0.29, 0.717) is 0 Å². The largest absolute Gasteiger partial charge is 0.511 e. The zero-order valence-corrected chi connectivity index (χ0v) is 15.3. The summed E-state index contributed by atoms with van der Waals surface area (Å²) in [4.78, 5) is 45.0. The van der Waals surface area contributed by atoms with Gasteiger partial charge in [-0.1, -0.05) is 11.8 Å². The summed E-state index contributed by atoms with van der Waals surface area (Å²) in [7, 11) is 4.30. The van der Waals surface area contributed by atoms with Crippen LogP contribution in [-0.4, -0.2) is 37.1 Å². The van der Waals surface area contributed by atoms with Gasteiger partial charge in [-0.05, 0) is 13.8 Å². The van der Waals surface area contributed by atoms with Gasteiger partial charge in [-0.25, -0.2) is 14.8 Å². The number of fused-ring (bicyclic) bond motifs is 1. The molecule has 0 aliphatic carbocycles. The number of hydrogen-bond acceptors (Lipinski definition) is 8. The molecule has 0 amide bonds. The number of allylic oxidation sites excluding steroid dienone is 2. The number of thioether (sulfide) groups is 1. The van der Waals surface area contributed by atoms with Crippen LogP contribution in [0.15, 0.2) is 25.3 Å². The molecule has 0 atom stereocenters. The van der Waals surface area contributed by atoms with Gasteiger partial charge in [-0.3, -0.25) is 18.7 Å². The smallest absolute Gasteiger partial charge is 0.332 e. The Morgan fingerprint density at radius 1 is 1.20 bits per heavy atom. The molecule has 0 saturated carbocycles. The Balaban J connectivity index is 2.90. The third-order valence-corrected chi connectivity index (χ3v) is 4.71. The van der Waals surface area contributed by atoms with Crippen molar-refractivity contribution in [3.05, 3.63) is 37.3 Å². The predicted octanol–water partition coefficient (Wildman–Crippen LogP) is 0.644. The number of aliphatic hydroxyl groups excluding tert-OH is 1. The number of ether oxygens (including phenoxy) is 1. The van der Waals surface area contributed by atoms with Crippen molar-refractivity contribution >= 4 is 28.6 Å². The predicted molar refractivity (Wildman–Crippen MR) is 92.6 cm³/mol. The molecule has 2 rings (SSSR count).